The van der Waals surface area contributed by atoms with E-state index >= 15 is 0 Å². The molecule has 1 aliphatic heterocycles. The average Bonchev–Trinajstić information content (AvgIpc) is 2.83. The van der Waals surface area contributed by atoms with Crippen LogP contribution < -0.4 is 10.1 Å². The summed E-state index contributed by atoms with van der Waals surface area (Å²) in [5.74, 6) is 0.911. The monoisotopic (exact) mass is 473 g/mol. The van der Waals surface area contributed by atoms with Crippen molar-refractivity contribution in [2.45, 2.75) is 52.0 Å². The number of nitrogens with zero attached hydrogens (tertiary/aromatic N) is 4. The summed E-state index contributed by atoms with van der Waals surface area (Å²) in [4.78, 5) is 16.1. The van der Waals surface area contributed by atoms with Gasteiger partial charge in [0.15, 0.2) is 5.65 Å². The van der Waals surface area contributed by atoms with Gasteiger partial charge in [-0.25, -0.2) is 23.1 Å². The first-order chi connectivity index (χ1) is 16.3. The van der Waals surface area contributed by atoms with Gasteiger partial charge in [0.2, 0.25) is 5.88 Å². The molecule has 3 aromatic rings. The second-order valence-corrected chi connectivity index (χ2v) is 8.70. The summed E-state index contributed by atoms with van der Waals surface area (Å²) in [6, 6.07) is 5.45. The van der Waals surface area contributed by atoms with Gasteiger partial charge < -0.3 is 15.0 Å². The highest BCUT2D eigenvalue weighted by Crippen LogP contribution is 2.37. The summed E-state index contributed by atoms with van der Waals surface area (Å²) in [6.07, 6.45) is -0.892. The Balaban J connectivity index is 1.72. The summed E-state index contributed by atoms with van der Waals surface area (Å²) < 4.78 is 46.8. The lowest BCUT2D eigenvalue weighted by molar-refractivity contribution is 0.146. The molecule has 1 aliphatic rings. The van der Waals surface area contributed by atoms with E-state index in [0.29, 0.717) is 34.5 Å². The molecule has 1 aromatic carbocycles. The smallest absolute Gasteiger partial charge is 0.266 e. The Morgan fingerprint density at radius 3 is 2.50 bits per heavy atom. The van der Waals surface area contributed by atoms with Gasteiger partial charge in [-0.1, -0.05) is 25.1 Å². The van der Waals surface area contributed by atoms with Gasteiger partial charge in [-0.2, -0.15) is 4.98 Å². The Kier molecular flexibility index (Phi) is 7.21. The SMILES string of the molecule is CCN1CCC(c2cc3c(N[C@H](C)c4cccc(C(F)F)c4F)nc(C)nc3nc2OC)CC1. The number of anilines is 1. The van der Waals surface area contributed by atoms with Crippen LogP contribution in [0.25, 0.3) is 11.0 Å². The maximum absolute atomic E-state index is 14.8. The van der Waals surface area contributed by atoms with Gasteiger partial charge in [0.1, 0.15) is 17.5 Å². The number of fused-ring (bicyclic) bond motifs is 1. The second kappa shape index (κ2) is 10.1. The minimum atomic E-state index is -2.88. The number of hydrogen-bond donors (Lipinski definition) is 1. The Morgan fingerprint density at radius 2 is 1.85 bits per heavy atom. The lowest BCUT2D eigenvalue weighted by atomic mass is 9.89. The number of rotatable bonds is 7. The molecule has 9 heteroatoms. The normalized spacial score (nSPS) is 16.2. The molecule has 1 N–H and O–H groups in total. The lowest BCUT2D eigenvalue weighted by Crippen LogP contribution is -2.32. The zero-order valence-electron chi connectivity index (χ0n) is 19.9. The quantitative estimate of drug-likeness (QED) is 0.469. The van der Waals surface area contributed by atoms with Crippen molar-refractivity contribution in [2.24, 2.45) is 0 Å². The second-order valence-electron chi connectivity index (χ2n) is 8.70. The highest BCUT2D eigenvalue weighted by Gasteiger charge is 2.25. The van der Waals surface area contributed by atoms with Crippen LogP contribution in [0.3, 0.4) is 0 Å². The zero-order chi connectivity index (χ0) is 24.4. The number of halogens is 3. The van der Waals surface area contributed by atoms with Gasteiger partial charge in [0.25, 0.3) is 6.43 Å². The van der Waals surface area contributed by atoms with Crippen molar-refractivity contribution >= 4 is 16.9 Å². The molecule has 6 nitrogen and oxygen atoms in total. The van der Waals surface area contributed by atoms with Crippen molar-refractivity contribution < 1.29 is 17.9 Å². The van der Waals surface area contributed by atoms with E-state index in [1.54, 1.807) is 21.0 Å². The summed E-state index contributed by atoms with van der Waals surface area (Å²) >= 11 is 0. The molecule has 1 saturated heterocycles. The topological polar surface area (TPSA) is 63.2 Å². The van der Waals surface area contributed by atoms with E-state index in [9.17, 15) is 13.2 Å². The number of nitrogens with one attached hydrogen (secondary N) is 1. The fraction of sp³-hybridized carbons (Fsp3) is 0.480. The predicted octanol–water partition coefficient (Wildman–Crippen LogP) is 5.79. The molecule has 1 fully saturated rings. The molecule has 0 saturated carbocycles. The van der Waals surface area contributed by atoms with Crippen molar-refractivity contribution in [1.29, 1.82) is 0 Å². The van der Waals surface area contributed by atoms with Crippen LogP contribution >= 0.6 is 0 Å². The number of ether oxygens (including phenoxy) is 1. The first-order valence-electron chi connectivity index (χ1n) is 11.6. The molecule has 1 atom stereocenters. The maximum atomic E-state index is 14.8. The van der Waals surface area contributed by atoms with Crippen LogP contribution in [0.5, 0.6) is 5.88 Å². The molecule has 0 amide bonds. The number of piperidine rings is 1. The highest BCUT2D eigenvalue weighted by atomic mass is 19.3. The molecule has 0 radical (unpaired) electrons. The predicted molar refractivity (Wildman–Crippen MR) is 126 cm³/mol. The van der Waals surface area contributed by atoms with E-state index in [2.05, 4.69) is 32.1 Å². The summed E-state index contributed by atoms with van der Waals surface area (Å²) in [5.41, 5.74) is 1.01. The fourth-order valence-electron chi connectivity index (χ4n) is 4.64. The van der Waals surface area contributed by atoms with Crippen LogP contribution in [-0.2, 0) is 0 Å². The molecular formula is C25H30F3N5O. The van der Waals surface area contributed by atoms with E-state index in [4.69, 9.17) is 4.74 Å². The summed E-state index contributed by atoms with van der Waals surface area (Å²) in [7, 11) is 1.60. The third-order valence-electron chi connectivity index (χ3n) is 6.57. The van der Waals surface area contributed by atoms with E-state index in [-0.39, 0.29) is 5.56 Å². The van der Waals surface area contributed by atoms with Gasteiger partial charge in [-0.05, 0) is 58.3 Å². The Hall–Kier alpha value is -2.94. The number of methoxy groups -OCH3 is 1. The average molecular weight is 474 g/mol. The molecule has 2 aromatic heterocycles. The third-order valence-corrected chi connectivity index (χ3v) is 6.57. The Bertz CT molecular complexity index is 1160. The standard InChI is InChI=1S/C25H30F3N5O/c1-5-33-11-9-16(10-12-33)19-13-20-23(30-15(3)31-24(20)32-25(19)34-4)29-14(2)17-7-6-8-18(21(17)26)22(27)28/h6-8,13-14,16,22H,5,9-12H2,1-4H3,(H,29,30,31,32)/t14-/m1/s1. The van der Waals surface area contributed by atoms with Gasteiger partial charge in [-0.15, -0.1) is 0 Å². The molecule has 0 aliphatic carbocycles. The van der Waals surface area contributed by atoms with Crippen LogP contribution in [-0.4, -0.2) is 46.6 Å². The molecule has 0 unspecified atom stereocenters. The number of aryl methyl sites for hydroxylation is 1. The van der Waals surface area contributed by atoms with Gasteiger partial charge in [-0.3, -0.25) is 0 Å². The van der Waals surface area contributed by atoms with Gasteiger partial charge in [0, 0.05) is 11.1 Å². The van der Waals surface area contributed by atoms with Crippen molar-refractivity contribution in [3.8, 4) is 5.88 Å². The van der Waals surface area contributed by atoms with Crippen molar-refractivity contribution in [3.05, 3.63) is 52.6 Å². The number of pyridine rings is 1. The Labute approximate surface area is 197 Å². The number of benzene rings is 1. The minimum Gasteiger partial charge on any atom is -0.481 e. The zero-order valence-corrected chi connectivity index (χ0v) is 19.9. The van der Waals surface area contributed by atoms with Crippen LogP contribution in [0.4, 0.5) is 19.0 Å². The van der Waals surface area contributed by atoms with Crippen LogP contribution in [0.1, 0.15) is 67.6 Å². The highest BCUT2D eigenvalue weighted by molar-refractivity contribution is 5.88. The van der Waals surface area contributed by atoms with Gasteiger partial charge >= 0.3 is 0 Å². The van der Waals surface area contributed by atoms with Crippen LogP contribution in [0.15, 0.2) is 24.3 Å². The number of likely N-dealkylation sites (tertiary alicyclic amines) is 1. The molecule has 0 bridgehead atoms. The van der Waals surface area contributed by atoms with E-state index in [1.807, 2.05) is 6.07 Å². The molecule has 0 spiro atoms. The number of aromatic nitrogens is 3. The molecular weight excluding hydrogens is 443 g/mol. The first-order valence-corrected chi connectivity index (χ1v) is 11.6. The van der Waals surface area contributed by atoms with E-state index in [0.717, 1.165) is 44.1 Å². The first kappa shape index (κ1) is 24.2. The van der Waals surface area contributed by atoms with Crippen LogP contribution in [0, 0.1) is 12.7 Å². The molecule has 34 heavy (non-hydrogen) atoms. The summed E-state index contributed by atoms with van der Waals surface area (Å²) in [5, 5.41) is 3.90. The largest absolute Gasteiger partial charge is 0.481 e. The van der Waals surface area contributed by atoms with Crippen LogP contribution in [0.2, 0.25) is 0 Å². The van der Waals surface area contributed by atoms with Crippen molar-refractivity contribution in [1.82, 2.24) is 19.9 Å². The molecule has 3 heterocycles. The lowest BCUT2D eigenvalue weighted by Gasteiger charge is -2.31. The van der Waals surface area contributed by atoms with E-state index in [1.165, 1.54) is 12.1 Å². The van der Waals surface area contributed by atoms with E-state index < -0.39 is 23.8 Å². The number of alkyl halides is 2. The van der Waals surface area contributed by atoms with Gasteiger partial charge in [0.05, 0.1) is 24.1 Å². The summed E-state index contributed by atoms with van der Waals surface area (Å²) in [6.45, 7) is 8.67. The molecule has 4 rings (SSSR count). The third kappa shape index (κ3) is 4.80. The van der Waals surface area contributed by atoms with Crippen molar-refractivity contribution in [2.75, 3.05) is 32.1 Å². The number of hydrogen-bond acceptors (Lipinski definition) is 6. The molecule has 182 valence electrons. The maximum Gasteiger partial charge on any atom is 0.266 e. The fourth-order valence-corrected chi connectivity index (χ4v) is 4.64. The van der Waals surface area contributed by atoms with Crippen molar-refractivity contribution in [3.63, 3.8) is 0 Å². The minimum absolute atomic E-state index is 0.149. The Morgan fingerprint density at radius 1 is 1.15 bits per heavy atom.